The van der Waals surface area contributed by atoms with Gasteiger partial charge in [-0.05, 0) is 6.26 Å². The lowest BCUT2D eigenvalue weighted by atomic mass is 10.2. The van der Waals surface area contributed by atoms with E-state index in [1.165, 1.54) is 11.8 Å². The van der Waals surface area contributed by atoms with Gasteiger partial charge in [0.25, 0.3) is 5.91 Å². The summed E-state index contributed by atoms with van der Waals surface area (Å²) in [5, 5.41) is 3.43. The average Bonchev–Trinajstić information content (AvgIpc) is 2.53. The Labute approximate surface area is 137 Å². The van der Waals surface area contributed by atoms with Crippen molar-refractivity contribution >= 4 is 35.0 Å². The number of nitrogens with zero attached hydrogens (tertiary/aromatic N) is 2. The van der Waals surface area contributed by atoms with Gasteiger partial charge in [-0.3, -0.25) is 4.79 Å². The van der Waals surface area contributed by atoms with Crippen LogP contribution >= 0.6 is 11.8 Å². The van der Waals surface area contributed by atoms with E-state index in [-0.39, 0.29) is 17.2 Å². The number of anilines is 3. The van der Waals surface area contributed by atoms with Crippen LogP contribution in [0.3, 0.4) is 0 Å². The zero-order chi connectivity index (χ0) is 17.0. The minimum atomic E-state index is -0.715. The topological polar surface area (TPSA) is 125 Å². The maximum atomic E-state index is 11.6. The van der Waals surface area contributed by atoms with Crippen LogP contribution in [-0.2, 0) is 0 Å². The van der Waals surface area contributed by atoms with Crippen LogP contribution in [0.1, 0.15) is 10.4 Å². The van der Waals surface area contributed by atoms with Crippen molar-refractivity contribution in [2.45, 2.75) is 5.16 Å². The number of aromatic nitrogens is 2. The van der Waals surface area contributed by atoms with E-state index in [4.69, 9.17) is 20.9 Å². The Kier molecular flexibility index (Phi) is 5.12. The van der Waals surface area contributed by atoms with Crippen LogP contribution in [0.15, 0.2) is 23.4 Å². The van der Waals surface area contributed by atoms with Crippen LogP contribution in [-0.4, -0.2) is 36.4 Å². The lowest BCUT2D eigenvalue weighted by molar-refractivity contribution is 0.100. The zero-order valence-corrected chi connectivity index (χ0v) is 13.7. The number of hydrogen-bond acceptors (Lipinski definition) is 8. The van der Waals surface area contributed by atoms with Gasteiger partial charge in [0.05, 0.1) is 14.2 Å². The van der Waals surface area contributed by atoms with Gasteiger partial charge < -0.3 is 26.3 Å². The van der Waals surface area contributed by atoms with E-state index < -0.39 is 5.91 Å². The molecule has 0 radical (unpaired) electrons. The molecular weight excluding hydrogens is 318 g/mol. The van der Waals surface area contributed by atoms with Gasteiger partial charge in [0, 0.05) is 23.9 Å². The van der Waals surface area contributed by atoms with E-state index in [1.807, 2.05) is 0 Å². The number of ether oxygens (including phenoxy) is 2. The van der Waals surface area contributed by atoms with E-state index in [2.05, 4.69) is 15.3 Å². The molecule has 0 unspecified atom stereocenters. The number of amides is 1. The normalized spacial score (nSPS) is 10.2. The number of nitrogens with one attached hydrogen (secondary N) is 1. The lowest BCUT2D eigenvalue weighted by Crippen LogP contribution is -2.18. The van der Waals surface area contributed by atoms with Crippen LogP contribution in [0.4, 0.5) is 17.3 Å². The highest BCUT2D eigenvalue weighted by molar-refractivity contribution is 7.98. The molecule has 9 heteroatoms. The van der Waals surface area contributed by atoms with E-state index in [0.29, 0.717) is 22.3 Å². The molecule has 0 aliphatic heterocycles. The number of hydrogen-bond donors (Lipinski definition) is 3. The molecule has 1 aromatic heterocycles. The average molecular weight is 335 g/mol. The van der Waals surface area contributed by atoms with Gasteiger partial charge in [-0.2, -0.15) is 0 Å². The van der Waals surface area contributed by atoms with Crippen molar-refractivity contribution in [2.75, 3.05) is 31.5 Å². The van der Waals surface area contributed by atoms with E-state index in [0.717, 1.165) is 0 Å². The molecule has 8 nitrogen and oxygen atoms in total. The maximum absolute atomic E-state index is 11.6. The summed E-state index contributed by atoms with van der Waals surface area (Å²) in [6.45, 7) is 0. The summed E-state index contributed by atoms with van der Waals surface area (Å²) in [6, 6.07) is 5.18. The fraction of sp³-hybridized carbons (Fsp3) is 0.214. The number of nitrogens with two attached hydrogens (primary N) is 2. The first-order valence-electron chi connectivity index (χ1n) is 6.50. The molecule has 0 saturated heterocycles. The van der Waals surface area contributed by atoms with Crippen LogP contribution < -0.4 is 26.3 Å². The molecule has 23 heavy (non-hydrogen) atoms. The third-order valence-corrected chi connectivity index (χ3v) is 3.51. The monoisotopic (exact) mass is 335 g/mol. The minimum absolute atomic E-state index is 0.0224. The molecule has 0 fully saturated rings. The van der Waals surface area contributed by atoms with Gasteiger partial charge in [0.2, 0.25) is 0 Å². The number of benzene rings is 1. The first-order chi connectivity index (χ1) is 11.0. The van der Waals surface area contributed by atoms with Crippen molar-refractivity contribution in [1.29, 1.82) is 0 Å². The summed E-state index contributed by atoms with van der Waals surface area (Å²) in [7, 11) is 3.09. The second-order valence-corrected chi connectivity index (χ2v) is 5.18. The molecule has 0 aliphatic carbocycles. The maximum Gasteiger partial charge on any atom is 0.256 e. The Morgan fingerprint density at radius 3 is 2.26 bits per heavy atom. The van der Waals surface area contributed by atoms with Gasteiger partial charge in [-0.25, -0.2) is 9.97 Å². The number of nitrogen functional groups attached to an aromatic ring is 1. The summed E-state index contributed by atoms with van der Waals surface area (Å²) in [5.41, 5.74) is 11.8. The molecule has 1 amide bonds. The number of methoxy groups -OCH3 is 2. The van der Waals surface area contributed by atoms with Gasteiger partial charge in [-0.15, -0.1) is 0 Å². The predicted octanol–water partition coefficient (Wildman–Crippen LogP) is 1.64. The van der Waals surface area contributed by atoms with Crippen LogP contribution in [0, 0.1) is 0 Å². The SMILES string of the molecule is COc1cc(Nc2nc(SC)nc(N)c2C(N)=O)cc(OC)c1. The Balaban J connectivity index is 2.50. The number of thioether (sulfide) groups is 1. The molecule has 0 spiro atoms. The molecule has 2 rings (SSSR count). The van der Waals surface area contributed by atoms with Gasteiger partial charge in [0.1, 0.15) is 28.7 Å². The van der Waals surface area contributed by atoms with Crippen molar-refractivity contribution in [3.63, 3.8) is 0 Å². The third-order valence-electron chi connectivity index (χ3n) is 2.96. The quantitative estimate of drug-likeness (QED) is 0.537. The van der Waals surface area contributed by atoms with E-state index >= 15 is 0 Å². The number of primary amides is 1. The smallest absolute Gasteiger partial charge is 0.256 e. The molecule has 1 aromatic carbocycles. The number of carbonyl (C=O) groups is 1. The molecule has 0 aliphatic rings. The second-order valence-electron chi connectivity index (χ2n) is 4.41. The van der Waals surface area contributed by atoms with E-state index in [9.17, 15) is 4.79 Å². The summed E-state index contributed by atoms with van der Waals surface area (Å²) in [4.78, 5) is 19.9. The largest absolute Gasteiger partial charge is 0.497 e. The molecular formula is C14H17N5O3S. The first kappa shape index (κ1) is 16.7. The predicted molar refractivity (Wildman–Crippen MR) is 89.6 cm³/mol. The zero-order valence-electron chi connectivity index (χ0n) is 12.9. The van der Waals surface area contributed by atoms with Crippen molar-refractivity contribution in [3.05, 3.63) is 23.8 Å². The van der Waals surface area contributed by atoms with Crippen LogP contribution in [0.5, 0.6) is 11.5 Å². The Bertz CT molecular complexity index is 716. The van der Waals surface area contributed by atoms with Crippen LogP contribution in [0.2, 0.25) is 0 Å². The molecule has 122 valence electrons. The van der Waals surface area contributed by atoms with Gasteiger partial charge in [0.15, 0.2) is 5.16 Å². The Hall–Kier alpha value is -2.68. The molecule has 5 N–H and O–H groups in total. The minimum Gasteiger partial charge on any atom is -0.497 e. The van der Waals surface area contributed by atoms with Crippen molar-refractivity contribution in [3.8, 4) is 11.5 Å². The molecule has 2 aromatic rings. The van der Waals surface area contributed by atoms with E-state index in [1.54, 1.807) is 38.7 Å². The Morgan fingerprint density at radius 1 is 1.17 bits per heavy atom. The Morgan fingerprint density at radius 2 is 1.78 bits per heavy atom. The van der Waals surface area contributed by atoms with Gasteiger partial charge >= 0.3 is 0 Å². The molecule has 0 atom stereocenters. The van der Waals surface area contributed by atoms with Gasteiger partial charge in [-0.1, -0.05) is 11.8 Å². The lowest BCUT2D eigenvalue weighted by Gasteiger charge is -2.13. The second kappa shape index (κ2) is 7.05. The third kappa shape index (κ3) is 3.75. The standard InChI is InChI=1S/C14H17N5O3S/c1-21-8-4-7(5-9(6-8)22-2)17-13-10(12(16)20)11(15)18-14(19-13)23-3/h4-6H,1-3H3,(H2,16,20)(H3,15,17,18,19). The molecule has 0 saturated carbocycles. The highest BCUT2D eigenvalue weighted by Crippen LogP contribution is 2.30. The fourth-order valence-electron chi connectivity index (χ4n) is 1.90. The summed E-state index contributed by atoms with van der Waals surface area (Å²) < 4.78 is 10.4. The highest BCUT2D eigenvalue weighted by Gasteiger charge is 2.18. The fourth-order valence-corrected chi connectivity index (χ4v) is 2.27. The first-order valence-corrected chi connectivity index (χ1v) is 7.72. The van der Waals surface area contributed by atoms with Crippen molar-refractivity contribution in [1.82, 2.24) is 9.97 Å². The molecule has 1 heterocycles. The molecule has 0 bridgehead atoms. The number of rotatable bonds is 6. The van der Waals surface area contributed by atoms with Crippen molar-refractivity contribution < 1.29 is 14.3 Å². The highest BCUT2D eigenvalue weighted by atomic mass is 32.2. The van der Waals surface area contributed by atoms with Crippen LogP contribution in [0.25, 0.3) is 0 Å². The van der Waals surface area contributed by atoms with Crippen molar-refractivity contribution in [2.24, 2.45) is 5.73 Å². The summed E-state index contributed by atoms with van der Waals surface area (Å²) >= 11 is 1.30. The number of carbonyl (C=O) groups excluding carboxylic acids is 1. The summed E-state index contributed by atoms with van der Waals surface area (Å²) in [5.74, 6) is 0.700. The summed E-state index contributed by atoms with van der Waals surface area (Å²) in [6.07, 6.45) is 1.80.